The number of ether oxygens (including phenoxy) is 2. The van der Waals surface area contributed by atoms with Crippen molar-refractivity contribution in [1.82, 2.24) is 0 Å². The number of hydrogen-bond acceptors (Lipinski definition) is 3. The number of benzene rings is 1. The molecule has 2 aliphatic heterocycles. The summed E-state index contributed by atoms with van der Waals surface area (Å²) in [5.41, 5.74) is 2.13. The molecule has 2 heterocycles. The van der Waals surface area contributed by atoms with Gasteiger partial charge in [-0.2, -0.15) is 0 Å². The lowest BCUT2D eigenvalue weighted by Crippen LogP contribution is -2.32. The quantitative estimate of drug-likeness (QED) is 0.848. The average Bonchev–Trinajstić information content (AvgIpc) is 2.82. The van der Waals surface area contributed by atoms with E-state index in [2.05, 4.69) is 0 Å². The molecule has 0 aliphatic carbocycles. The molecular weight excluding hydrogens is 216 g/mol. The van der Waals surface area contributed by atoms with E-state index in [-0.39, 0.29) is 6.10 Å². The predicted molar refractivity (Wildman–Crippen MR) is 63.8 cm³/mol. The molecule has 0 spiro atoms. The Morgan fingerprint density at radius 2 is 2.18 bits per heavy atom. The van der Waals surface area contributed by atoms with E-state index in [1.54, 1.807) is 6.26 Å². The van der Waals surface area contributed by atoms with Crippen LogP contribution in [0.4, 0.5) is 0 Å². The van der Waals surface area contributed by atoms with Gasteiger partial charge in [-0.1, -0.05) is 18.2 Å². The highest BCUT2D eigenvalue weighted by Crippen LogP contribution is 2.32. The molecule has 3 rings (SSSR count). The molecular formula is C14H16O3. The summed E-state index contributed by atoms with van der Waals surface area (Å²) in [6, 6.07) is 7.96. The summed E-state index contributed by atoms with van der Waals surface area (Å²) in [5, 5.41) is 10.3. The first kappa shape index (κ1) is 10.7. The van der Waals surface area contributed by atoms with Crippen LogP contribution in [0.1, 0.15) is 18.4 Å². The van der Waals surface area contributed by atoms with Gasteiger partial charge in [-0.05, 0) is 30.0 Å². The third-order valence-corrected chi connectivity index (χ3v) is 3.37. The van der Waals surface area contributed by atoms with Gasteiger partial charge in [-0.15, -0.1) is 0 Å². The predicted octanol–water partition coefficient (Wildman–Crippen LogP) is 2.05. The molecule has 1 aromatic rings. The van der Waals surface area contributed by atoms with Gasteiger partial charge in [-0.25, -0.2) is 0 Å². The summed E-state index contributed by atoms with van der Waals surface area (Å²) in [6.07, 6.45) is 3.62. The van der Waals surface area contributed by atoms with Crippen LogP contribution in [-0.2, 0) is 11.2 Å². The Labute approximate surface area is 101 Å². The van der Waals surface area contributed by atoms with Crippen molar-refractivity contribution in [2.75, 3.05) is 6.61 Å². The van der Waals surface area contributed by atoms with Gasteiger partial charge in [0, 0.05) is 6.42 Å². The van der Waals surface area contributed by atoms with E-state index in [0.29, 0.717) is 0 Å². The molecule has 3 nitrogen and oxygen atoms in total. The molecule has 2 atom stereocenters. The van der Waals surface area contributed by atoms with Crippen LogP contribution in [0.15, 0.2) is 36.1 Å². The second kappa shape index (κ2) is 4.41. The number of aliphatic hydroxyl groups excluding tert-OH is 1. The summed E-state index contributed by atoms with van der Waals surface area (Å²) >= 11 is 0. The van der Waals surface area contributed by atoms with Gasteiger partial charge in [0.2, 0.25) is 0 Å². The zero-order chi connectivity index (χ0) is 11.7. The highest BCUT2D eigenvalue weighted by atomic mass is 16.5. The van der Waals surface area contributed by atoms with E-state index in [4.69, 9.17) is 9.47 Å². The fraction of sp³-hybridized carbons (Fsp3) is 0.429. The molecule has 0 bridgehead atoms. The van der Waals surface area contributed by atoms with Gasteiger partial charge >= 0.3 is 0 Å². The second-order valence-electron chi connectivity index (χ2n) is 4.58. The molecule has 1 aromatic carbocycles. The van der Waals surface area contributed by atoms with Gasteiger partial charge in [0.15, 0.2) is 0 Å². The van der Waals surface area contributed by atoms with Crippen LogP contribution in [-0.4, -0.2) is 23.9 Å². The van der Waals surface area contributed by atoms with Crippen molar-refractivity contribution in [1.29, 1.82) is 0 Å². The van der Waals surface area contributed by atoms with Crippen LogP contribution >= 0.6 is 0 Å². The number of para-hydroxylation sites is 1. The molecule has 1 N–H and O–H groups in total. The third kappa shape index (κ3) is 2.03. The van der Waals surface area contributed by atoms with Crippen molar-refractivity contribution >= 4 is 0 Å². The SMILES string of the molecule is OC(C1=COCCC1)C1Cc2ccccc2O1. The zero-order valence-corrected chi connectivity index (χ0v) is 9.63. The van der Waals surface area contributed by atoms with Crippen LogP contribution in [0.25, 0.3) is 0 Å². The van der Waals surface area contributed by atoms with Gasteiger partial charge in [0.05, 0.1) is 12.9 Å². The van der Waals surface area contributed by atoms with Crippen LogP contribution in [0.3, 0.4) is 0 Å². The van der Waals surface area contributed by atoms with Crippen LogP contribution in [0.2, 0.25) is 0 Å². The molecule has 0 saturated heterocycles. The first-order chi connectivity index (χ1) is 8.34. The molecule has 3 heteroatoms. The van der Waals surface area contributed by atoms with Gasteiger partial charge < -0.3 is 14.6 Å². The van der Waals surface area contributed by atoms with Gasteiger partial charge in [0.1, 0.15) is 18.0 Å². The molecule has 17 heavy (non-hydrogen) atoms. The Kier molecular flexibility index (Phi) is 2.77. The molecule has 0 fully saturated rings. The molecule has 0 aromatic heterocycles. The second-order valence-corrected chi connectivity index (χ2v) is 4.58. The van der Waals surface area contributed by atoms with Crippen molar-refractivity contribution < 1.29 is 14.6 Å². The van der Waals surface area contributed by atoms with Crippen molar-refractivity contribution in [2.24, 2.45) is 0 Å². The first-order valence-electron chi connectivity index (χ1n) is 6.08. The molecule has 2 unspecified atom stereocenters. The first-order valence-corrected chi connectivity index (χ1v) is 6.08. The normalized spacial score (nSPS) is 24.3. The molecule has 0 radical (unpaired) electrons. The third-order valence-electron chi connectivity index (χ3n) is 3.37. The minimum absolute atomic E-state index is 0.166. The number of fused-ring (bicyclic) bond motifs is 1. The summed E-state index contributed by atoms with van der Waals surface area (Å²) in [7, 11) is 0. The lowest BCUT2D eigenvalue weighted by molar-refractivity contribution is 0.0643. The Hall–Kier alpha value is -1.48. The number of aliphatic hydroxyl groups is 1. The smallest absolute Gasteiger partial charge is 0.133 e. The molecule has 0 amide bonds. The highest BCUT2D eigenvalue weighted by molar-refractivity contribution is 5.38. The lowest BCUT2D eigenvalue weighted by atomic mass is 9.97. The Balaban J connectivity index is 1.73. The minimum atomic E-state index is -0.553. The fourth-order valence-corrected chi connectivity index (χ4v) is 2.43. The molecule has 0 saturated carbocycles. The van der Waals surface area contributed by atoms with Gasteiger partial charge in [0.25, 0.3) is 0 Å². The summed E-state index contributed by atoms with van der Waals surface area (Å²) in [5.74, 6) is 0.897. The maximum atomic E-state index is 10.3. The average molecular weight is 232 g/mol. The Morgan fingerprint density at radius 1 is 1.29 bits per heavy atom. The van der Waals surface area contributed by atoms with E-state index < -0.39 is 6.10 Å². The van der Waals surface area contributed by atoms with Crippen molar-refractivity contribution in [3.8, 4) is 5.75 Å². The van der Waals surface area contributed by atoms with Crippen molar-refractivity contribution in [3.63, 3.8) is 0 Å². The van der Waals surface area contributed by atoms with E-state index in [9.17, 15) is 5.11 Å². The highest BCUT2D eigenvalue weighted by Gasteiger charge is 2.31. The maximum Gasteiger partial charge on any atom is 0.133 e. The summed E-state index contributed by atoms with van der Waals surface area (Å²) in [4.78, 5) is 0. The van der Waals surface area contributed by atoms with E-state index in [1.807, 2.05) is 24.3 Å². The monoisotopic (exact) mass is 232 g/mol. The molecule has 90 valence electrons. The van der Waals surface area contributed by atoms with Crippen LogP contribution in [0, 0.1) is 0 Å². The standard InChI is InChI=1S/C14H16O3/c15-14(11-5-3-7-16-9-11)13-8-10-4-1-2-6-12(10)17-13/h1-2,4,6,9,13-15H,3,5,7-8H2. The maximum absolute atomic E-state index is 10.3. The van der Waals surface area contributed by atoms with E-state index in [1.165, 1.54) is 5.56 Å². The van der Waals surface area contributed by atoms with Crippen LogP contribution < -0.4 is 4.74 Å². The van der Waals surface area contributed by atoms with Crippen molar-refractivity contribution in [3.05, 3.63) is 41.7 Å². The topological polar surface area (TPSA) is 38.7 Å². The summed E-state index contributed by atoms with van der Waals surface area (Å²) in [6.45, 7) is 0.752. The van der Waals surface area contributed by atoms with E-state index >= 15 is 0 Å². The number of rotatable bonds is 2. The summed E-state index contributed by atoms with van der Waals surface area (Å²) < 4.78 is 11.0. The Morgan fingerprint density at radius 3 is 2.94 bits per heavy atom. The van der Waals surface area contributed by atoms with E-state index in [0.717, 1.165) is 37.2 Å². The zero-order valence-electron chi connectivity index (χ0n) is 9.63. The molecule has 2 aliphatic rings. The van der Waals surface area contributed by atoms with Crippen LogP contribution in [0.5, 0.6) is 5.75 Å². The number of hydrogen-bond donors (Lipinski definition) is 1. The minimum Gasteiger partial charge on any atom is -0.501 e. The van der Waals surface area contributed by atoms with Crippen molar-refractivity contribution in [2.45, 2.75) is 31.5 Å². The fourth-order valence-electron chi connectivity index (χ4n) is 2.43. The van der Waals surface area contributed by atoms with Gasteiger partial charge in [-0.3, -0.25) is 0 Å². The Bertz CT molecular complexity index is 414. The largest absolute Gasteiger partial charge is 0.501 e. The lowest BCUT2D eigenvalue weighted by Gasteiger charge is -2.23.